The van der Waals surface area contributed by atoms with Gasteiger partial charge in [0.05, 0.1) is 13.5 Å². The number of likely N-dealkylation sites (N-methyl/N-ethyl adjacent to an activating group) is 1. The second-order valence-electron chi connectivity index (χ2n) is 9.17. The zero-order valence-corrected chi connectivity index (χ0v) is 20.5. The van der Waals surface area contributed by atoms with Crippen LogP contribution in [0.3, 0.4) is 0 Å². The van der Waals surface area contributed by atoms with Crippen molar-refractivity contribution in [1.29, 1.82) is 0 Å². The number of hydrogen-bond donors (Lipinski definition) is 0. The van der Waals surface area contributed by atoms with E-state index in [4.69, 9.17) is 4.74 Å². The van der Waals surface area contributed by atoms with Crippen LogP contribution in [-0.4, -0.2) is 64.7 Å². The zero-order chi connectivity index (χ0) is 24.6. The number of hydrogen-bond acceptors (Lipinski definition) is 4. The molecule has 2 heterocycles. The number of nitrogens with zero attached hydrogens (tertiary/aromatic N) is 4. The summed E-state index contributed by atoms with van der Waals surface area (Å²) in [5.74, 6) is 1.23. The molecule has 7 nitrogen and oxygen atoms in total. The lowest BCUT2D eigenvalue weighted by molar-refractivity contribution is -0.136. The number of rotatable bonds is 9. The van der Waals surface area contributed by atoms with Gasteiger partial charge in [0.1, 0.15) is 12.3 Å². The molecule has 1 saturated heterocycles. The first kappa shape index (κ1) is 24.5. The van der Waals surface area contributed by atoms with Crippen molar-refractivity contribution in [2.75, 3.05) is 27.2 Å². The number of methoxy groups -OCH3 is 1. The quantitative estimate of drug-likeness (QED) is 0.477. The Morgan fingerprint density at radius 2 is 1.77 bits per heavy atom. The van der Waals surface area contributed by atoms with Crippen molar-refractivity contribution >= 4 is 11.8 Å². The monoisotopic (exact) mass is 474 g/mol. The van der Waals surface area contributed by atoms with Gasteiger partial charge in [-0.2, -0.15) is 5.10 Å². The normalized spacial score (nSPS) is 15.0. The van der Waals surface area contributed by atoms with Crippen LogP contribution >= 0.6 is 0 Å². The van der Waals surface area contributed by atoms with E-state index in [9.17, 15) is 9.59 Å². The third-order valence-corrected chi connectivity index (χ3v) is 7.01. The fourth-order valence-corrected chi connectivity index (χ4v) is 4.96. The average Bonchev–Trinajstić information content (AvgIpc) is 3.41. The van der Waals surface area contributed by atoms with Gasteiger partial charge in [-0.05, 0) is 42.9 Å². The summed E-state index contributed by atoms with van der Waals surface area (Å²) >= 11 is 0. The lowest BCUT2D eigenvalue weighted by Gasteiger charge is -2.40. The van der Waals surface area contributed by atoms with E-state index in [0.29, 0.717) is 25.4 Å². The molecule has 35 heavy (non-hydrogen) atoms. The molecule has 1 unspecified atom stereocenters. The Hall–Kier alpha value is -3.61. The summed E-state index contributed by atoms with van der Waals surface area (Å²) in [4.78, 5) is 30.0. The van der Waals surface area contributed by atoms with Crippen LogP contribution in [0.1, 0.15) is 24.0 Å². The smallest absolute Gasteiger partial charge is 0.244 e. The predicted octanol–water partition coefficient (Wildman–Crippen LogP) is 3.44. The third-order valence-electron chi connectivity index (χ3n) is 7.01. The molecule has 3 aromatic rings. The molecular weight excluding hydrogens is 440 g/mol. The molecule has 1 aliphatic heterocycles. The number of benzene rings is 2. The molecule has 4 rings (SSSR count). The van der Waals surface area contributed by atoms with Crippen molar-refractivity contribution in [1.82, 2.24) is 19.6 Å². The molecule has 1 aliphatic rings. The highest BCUT2D eigenvalue weighted by Crippen LogP contribution is 2.28. The summed E-state index contributed by atoms with van der Waals surface area (Å²) in [5, 5.41) is 4.19. The number of carbonyl (C=O) groups is 2. The van der Waals surface area contributed by atoms with E-state index in [0.717, 1.165) is 30.6 Å². The van der Waals surface area contributed by atoms with Crippen molar-refractivity contribution in [2.24, 2.45) is 5.92 Å². The molecule has 2 amide bonds. The van der Waals surface area contributed by atoms with Crippen molar-refractivity contribution in [3.05, 3.63) is 84.2 Å². The van der Waals surface area contributed by atoms with Gasteiger partial charge in [-0.15, -0.1) is 0 Å². The highest BCUT2D eigenvalue weighted by Gasteiger charge is 2.33. The summed E-state index contributed by atoms with van der Waals surface area (Å²) in [6.07, 6.45) is 6.37. The van der Waals surface area contributed by atoms with Crippen molar-refractivity contribution in [3.63, 3.8) is 0 Å². The Kier molecular flexibility index (Phi) is 8.19. The van der Waals surface area contributed by atoms with Gasteiger partial charge in [0.15, 0.2) is 0 Å². The fourth-order valence-electron chi connectivity index (χ4n) is 4.96. The molecule has 2 aromatic carbocycles. The standard InChI is InChI=1S/C28H34N4O3/c1-30(28(34)21-32-16-8-15-29-32)25(19-22-9-4-3-5-10-22)23-13-17-31(18-14-23)27(33)20-24-11-6-7-12-26(24)35-2/h3-12,15-16,23,25H,13-14,17-21H2,1-2H3. The second kappa shape index (κ2) is 11.7. The largest absolute Gasteiger partial charge is 0.496 e. The highest BCUT2D eigenvalue weighted by molar-refractivity contribution is 5.79. The summed E-state index contributed by atoms with van der Waals surface area (Å²) in [7, 11) is 3.53. The maximum atomic E-state index is 13.1. The first-order valence-electron chi connectivity index (χ1n) is 12.2. The van der Waals surface area contributed by atoms with E-state index in [1.54, 1.807) is 18.0 Å². The summed E-state index contributed by atoms with van der Waals surface area (Å²) in [5.41, 5.74) is 2.12. The SMILES string of the molecule is COc1ccccc1CC(=O)N1CCC(C(Cc2ccccc2)N(C)C(=O)Cn2cccn2)CC1. The minimum atomic E-state index is 0.0457. The van der Waals surface area contributed by atoms with E-state index in [-0.39, 0.29) is 24.4 Å². The number of likely N-dealkylation sites (tertiary alicyclic amines) is 1. The lowest BCUT2D eigenvalue weighted by atomic mass is 9.84. The van der Waals surface area contributed by atoms with Gasteiger partial charge < -0.3 is 14.5 Å². The van der Waals surface area contributed by atoms with E-state index < -0.39 is 0 Å². The number of amides is 2. The minimum absolute atomic E-state index is 0.0457. The van der Waals surface area contributed by atoms with Crippen LogP contribution in [-0.2, 0) is 29.0 Å². The van der Waals surface area contributed by atoms with Gasteiger partial charge in [-0.3, -0.25) is 14.3 Å². The average molecular weight is 475 g/mol. The Morgan fingerprint density at radius 3 is 2.46 bits per heavy atom. The van der Waals surface area contributed by atoms with Crippen LogP contribution in [0.4, 0.5) is 0 Å². The molecule has 0 saturated carbocycles. The minimum Gasteiger partial charge on any atom is -0.496 e. The molecule has 0 bridgehead atoms. The molecule has 1 fully saturated rings. The van der Waals surface area contributed by atoms with E-state index in [1.165, 1.54) is 5.56 Å². The lowest BCUT2D eigenvalue weighted by Crippen LogP contribution is -2.49. The predicted molar refractivity (Wildman–Crippen MR) is 135 cm³/mol. The number of ether oxygens (including phenoxy) is 1. The van der Waals surface area contributed by atoms with Crippen LogP contribution in [0.15, 0.2) is 73.1 Å². The molecule has 0 spiro atoms. The molecule has 0 radical (unpaired) electrons. The van der Waals surface area contributed by atoms with Gasteiger partial charge in [0.25, 0.3) is 0 Å². The number of carbonyl (C=O) groups excluding carboxylic acids is 2. The van der Waals surface area contributed by atoms with Gasteiger partial charge in [-0.25, -0.2) is 0 Å². The Balaban J connectivity index is 1.41. The number of piperidine rings is 1. The molecule has 184 valence electrons. The number of aromatic nitrogens is 2. The molecule has 0 aliphatic carbocycles. The van der Waals surface area contributed by atoms with Crippen LogP contribution in [0, 0.1) is 5.92 Å². The topological polar surface area (TPSA) is 67.7 Å². The Bertz CT molecular complexity index is 1090. The Morgan fingerprint density at radius 1 is 1.06 bits per heavy atom. The Labute approximate surface area is 207 Å². The van der Waals surface area contributed by atoms with Crippen molar-refractivity contribution in [3.8, 4) is 5.75 Å². The van der Waals surface area contributed by atoms with Crippen molar-refractivity contribution < 1.29 is 14.3 Å². The summed E-state index contributed by atoms with van der Waals surface area (Å²) < 4.78 is 7.07. The van der Waals surface area contributed by atoms with E-state index >= 15 is 0 Å². The van der Waals surface area contributed by atoms with Crippen molar-refractivity contribution in [2.45, 2.75) is 38.3 Å². The first-order chi connectivity index (χ1) is 17.0. The second-order valence-corrected chi connectivity index (χ2v) is 9.17. The third kappa shape index (κ3) is 6.29. The first-order valence-corrected chi connectivity index (χ1v) is 12.2. The maximum Gasteiger partial charge on any atom is 0.244 e. The molecule has 1 atom stereocenters. The summed E-state index contributed by atoms with van der Waals surface area (Å²) in [6, 6.07) is 19.9. The summed E-state index contributed by atoms with van der Waals surface area (Å²) in [6.45, 7) is 1.63. The zero-order valence-electron chi connectivity index (χ0n) is 20.5. The number of para-hydroxylation sites is 1. The van der Waals surface area contributed by atoms with Crippen LogP contribution < -0.4 is 4.74 Å². The maximum absolute atomic E-state index is 13.1. The molecule has 0 N–H and O–H groups in total. The van der Waals surface area contributed by atoms with E-state index in [1.807, 2.05) is 71.6 Å². The van der Waals surface area contributed by atoms with Crippen LogP contribution in [0.2, 0.25) is 0 Å². The van der Waals surface area contributed by atoms with E-state index in [2.05, 4.69) is 17.2 Å². The molecule has 7 heteroatoms. The molecular formula is C28H34N4O3. The van der Waals surface area contributed by atoms with Crippen LogP contribution in [0.25, 0.3) is 0 Å². The highest BCUT2D eigenvalue weighted by atomic mass is 16.5. The van der Waals surface area contributed by atoms with Crippen LogP contribution in [0.5, 0.6) is 5.75 Å². The molecule has 1 aromatic heterocycles. The van der Waals surface area contributed by atoms with Gasteiger partial charge in [0.2, 0.25) is 11.8 Å². The van der Waals surface area contributed by atoms with Gasteiger partial charge in [0, 0.05) is 44.1 Å². The van der Waals surface area contributed by atoms with Gasteiger partial charge in [-0.1, -0.05) is 48.5 Å². The van der Waals surface area contributed by atoms with Gasteiger partial charge >= 0.3 is 0 Å². The fraction of sp³-hybridized carbons (Fsp3) is 0.393.